The summed E-state index contributed by atoms with van der Waals surface area (Å²) in [6.45, 7) is 5.99. The monoisotopic (exact) mass is 584 g/mol. The number of carbonyl (C=O) groups excluding carboxylic acids is 2. The molecule has 3 aromatic heterocycles. The number of nitrogens with one attached hydrogen (secondary N) is 1. The highest BCUT2D eigenvalue weighted by Gasteiger charge is 2.37. The second-order valence-corrected chi connectivity index (χ2v) is 11.7. The Balaban J connectivity index is 1.48. The molecule has 1 aliphatic rings. The molecule has 1 amide bonds. The number of halogens is 2. The summed E-state index contributed by atoms with van der Waals surface area (Å²) in [4.78, 5) is 33.5. The Kier molecular flexibility index (Phi) is 6.94. The van der Waals surface area contributed by atoms with Crippen molar-refractivity contribution < 1.29 is 18.4 Å². The quantitative estimate of drug-likeness (QED) is 0.194. The van der Waals surface area contributed by atoms with E-state index in [1.807, 2.05) is 0 Å². The van der Waals surface area contributed by atoms with Crippen LogP contribution in [0.5, 0.6) is 0 Å². The van der Waals surface area contributed by atoms with Crippen LogP contribution in [0.1, 0.15) is 76.7 Å². The largest absolute Gasteiger partial charge is 0.329 e. The summed E-state index contributed by atoms with van der Waals surface area (Å²) in [5.41, 5.74) is 3.55. The van der Waals surface area contributed by atoms with E-state index in [9.17, 15) is 18.4 Å². The number of aryl methyl sites for hydroxylation is 1. The number of aldehydes is 1. The first kappa shape index (κ1) is 27.5. The zero-order valence-corrected chi connectivity index (χ0v) is 23.9. The Morgan fingerprint density at radius 1 is 1.19 bits per heavy atom. The van der Waals surface area contributed by atoms with Crippen LogP contribution >= 0.6 is 11.3 Å². The van der Waals surface area contributed by atoms with Gasteiger partial charge in [0, 0.05) is 56.6 Å². The highest BCUT2D eigenvalue weighted by Crippen LogP contribution is 2.38. The normalized spacial score (nSPS) is 14.4. The van der Waals surface area contributed by atoms with Gasteiger partial charge in [0.1, 0.15) is 6.29 Å². The zero-order chi connectivity index (χ0) is 29.6. The van der Waals surface area contributed by atoms with Gasteiger partial charge in [-0.15, -0.1) is 11.3 Å². The molecule has 42 heavy (non-hydrogen) atoms. The molecule has 0 saturated heterocycles. The van der Waals surface area contributed by atoms with Crippen LogP contribution in [0.3, 0.4) is 0 Å². The van der Waals surface area contributed by atoms with E-state index in [2.05, 4.69) is 45.5 Å². The lowest BCUT2D eigenvalue weighted by Gasteiger charge is -2.20. The number of alkyl halides is 2. The van der Waals surface area contributed by atoms with Gasteiger partial charge < -0.3 is 4.57 Å². The third-order valence-corrected chi connectivity index (χ3v) is 8.37. The number of nitrogens with zero attached hydrogens (tertiary/aromatic N) is 5. The highest BCUT2D eigenvalue weighted by atomic mass is 32.1. The van der Waals surface area contributed by atoms with Crippen LogP contribution in [0.4, 0.5) is 13.9 Å². The molecule has 2 aromatic carbocycles. The SMILES string of the molecule is Cc1c(C#Cc2ccc(C=O)cc2)cc(C(F)F)c2cn(C(C(=O)Nc3nccs3)c3ncn4c3CCC4(C)C)nc12. The fourth-order valence-electron chi connectivity index (χ4n) is 5.34. The molecule has 0 saturated carbocycles. The summed E-state index contributed by atoms with van der Waals surface area (Å²) in [5.74, 6) is 5.56. The van der Waals surface area contributed by atoms with Crippen molar-refractivity contribution in [3.05, 3.63) is 93.6 Å². The number of hydrogen-bond donors (Lipinski definition) is 1. The van der Waals surface area contributed by atoms with Crippen LogP contribution in [-0.4, -0.2) is 36.5 Å². The van der Waals surface area contributed by atoms with Crippen molar-refractivity contribution in [1.29, 1.82) is 0 Å². The number of carbonyl (C=O) groups is 2. The molecule has 0 radical (unpaired) electrons. The maximum absolute atomic E-state index is 14.4. The first-order valence-electron chi connectivity index (χ1n) is 13.3. The summed E-state index contributed by atoms with van der Waals surface area (Å²) in [6, 6.07) is 7.05. The second-order valence-electron chi connectivity index (χ2n) is 10.8. The topological polar surface area (TPSA) is 94.7 Å². The second kappa shape index (κ2) is 10.6. The van der Waals surface area contributed by atoms with E-state index in [4.69, 9.17) is 5.10 Å². The van der Waals surface area contributed by atoms with Crippen molar-refractivity contribution >= 4 is 39.6 Å². The fourth-order valence-corrected chi connectivity index (χ4v) is 5.87. The molecule has 212 valence electrons. The molecule has 6 rings (SSSR count). The third-order valence-electron chi connectivity index (χ3n) is 7.68. The Hall–Kier alpha value is -4.69. The molecule has 1 N–H and O–H groups in total. The molecule has 1 unspecified atom stereocenters. The van der Waals surface area contributed by atoms with E-state index >= 15 is 0 Å². The molecular formula is C31H26F2N6O2S. The summed E-state index contributed by atoms with van der Waals surface area (Å²) in [6.07, 6.45) is 4.37. The van der Waals surface area contributed by atoms with Gasteiger partial charge in [-0.05, 0) is 57.4 Å². The molecule has 5 aromatic rings. The Labute approximate surface area is 244 Å². The lowest BCUT2D eigenvalue weighted by Crippen LogP contribution is -2.28. The summed E-state index contributed by atoms with van der Waals surface area (Å²) in [5, 5.41) is 9.96. The lowest BCUT2D eigenvalue weighted by molar-refractivity contribution is -0.118. The van der Waals surface area contributed by atoms with E-state index in [1.165, 1.54) is 28.3 Å². The number of rotatable bonds is 6. The summed E-state index contributed by atoms with van der Waals surface area (Å²) >= 11 is 1.28. The number of fused-ring (bicyclic) bond motifs is 2. The average molecular weight is 585 g/mol. The maximum Gasteiger partial charge on any atom is 0.264 e. The Morgan fingerprint density at radius 2 is 1.98 bits per heavy atom. The molecule has 1 aliphatic heterocycles. The standard InChI is InChI=1S/C31H26F2N6O2S/c1-18-21(9-8-19-4-6-20(16-40)7-5-19)14-22(28(32)33)23-15-39(37-25(18)23)27(29(41)36-30-34-12-13-42-30)26-24-10-11-31(2,3)38(24)17-35-26/h4-7,12-17,27-28H,10-11H2,1-3H3,(H,34,36,41). The number of thiazole rings is 1. The summed E-state index contributed by atoms with van der Waals surface area (Å²) in [7, 11) is 0. The van der Waals surface area contributed by atoms with Crippen LogP contribution in [-0.2, 0) is 16.8 Å². The first-order chi connectivity index (χ1) is 20.2. The zero-order valence-electron chi connectivity index (χ0n) is 23.1. The minimum Gasteiger partial charge on any atom is -0.329 e. The van der Waals surface area contributed by atoms with Gasteiger partial charge >= 0.3 is 0 Å². The van der Waals surface area contributed by atoms with Gasteiger partial charge in [-0.2, -0.15) is 5.10 Å². The number of amides is 1. The van der Waals surface area contributed by atoms with E-state index in [-0.39, 0.29) is 16.5 Å². The number of aromatic nitrogens is 5. The molecule has 0 bridgehead atoms. The predicted molar refractivity (Wildman–Crippen MR) is 156 cm³/mol. The van der Waals surface area contributed by atoms with Gasteiger partial charge in [0.25, 0.3) is 12.3 Å². The number of benzene rings is 2. The van der Waals surface area contributed by atoms with Crippen LogP contribution in [0.2, 0.25) is 0 Å². The van der Waals surface area contributed by atoms with Crippen molar-refractivity contribution in [3.8, 4) is 11.8 Å². The maximum atomic E-state index is 14.4. The Morgan fingerprint density at radius 3 is 2.67 bits per heavy atom. The first-order valence-corrected chi connectivity index (χ1v) is 14.2. The fraction of sp³-hybridized carbons (Fsp3) is 0.258. The van der Waals surface area contributed by atoms with Crippen molar-refractivity contribution in [2.75, 3.05) is 5.32 Å². The molecule has 1 atom stereocenters. The van der Waals surface area contributed by atoms with Gasteiger partial charge in [-0.1, -0.05) is 24.0 Å². The lowest BCUT2D eigenvalue weighted by atomic mass is 10.0. The van der Waals surface area contributed by atoms with Crippen molar-refractivity contribution in [3.63, 3.8) is 0 Å². The number of imidazole rings is 1. The minimum atomic E-state index is -2.79. The highest BCUT2D eigenvalue weighted by molar-refractivity contribution is 7.13. The van der Waals surface area contributed by atoms with Crippen molar-refractivity contribution in [2.24, 2.45) is 0 Å². The molecule has 11 heteroatoms. The van der Waals surface area contributed by atoms with Crippen molar-refractivity contribution in [1.82, 2.24) is 24.3 Å². The minimum absolute atomic E-state index is 0.160. The van der Waals surface area contributed by atoms with Gasteiger partial charge in [0.05, 0.1) is 17.5 Å². The number of hydrogen-bond acceptors (Lipinski definition) is 6. The Bertz CT molecular complexity index is 1880. The van der Waals surface area contributed by atoms with Crippen LogP contribution in [0.25, 0.3) is 10.9 Å². The molecule has 0 fully saturated rings. The number of anilines is 1. The average Bonchev–Trinajstić information content (AvgIpc) is 3.76. The van der Waals surface area contributed by atoms with E-state index < -0.39 is 18.4 Å². The molecule has 0 spiro atoms. The van der Waals surface area contributed by atoms with Gasteiger partial charge in [-0.25, -0.2) is 18.7 Å². The van der Waals surface area contributed by atoms with Gasteiger partial charge in [-0.3, -0.25) is 19.6 Å². The molecule has 0 aliphatic carbocycles. The molecular weight excluding hydrogens is 558 g/mol. The third kappa shape index (κ3) is 4.88. The molecule has 8 nitrogen and oxygen atoms in total. The summed E-state index contributed by atoms with van der Waals surface area (Å²) < 4.78 is 32.3. The van der Waals surface area contributed by atoms with Crippen LogP contribution in [0.15, 0.2) is 54.4 Å². The molecule has 4 heterocycles. The predicted octanol–water partition coefficient (Wildman–Crippen LogP) is 6.06. The van der Waals surface area contributed by atoms with Crippen LogP contribution < -0.4 is 5.32 Å². The van der Waals surface area contributed by atoms with E-state index in [1.54, 1.807) is 49.1 Å². The van der Waals surface area contributed by atoms with Gasteiger partial charge in [0.15, 0.2) is 11.2 Å². The smallest absolute Gasteiger partial charge is 0.264 e. The van der Waals surface area contributed by atoms with Gasteiger partial charge in [0.2, 0.25) is 0 Å². The van der Waals surface area contributed by atoms with E-state index in [0.717, 1.165) is 24.8 Å². The van der Waals surface area contributed by atoms with E-state index in [0.29, 0.717) is 38.6 Å². The van der Waals surface area contributed by atoms with Crippen LogP contribution in [0, 0.1) is 18.8 Å². The van der Waals surface area contributed by atoms with Crippen molar-refractivity contribution in [2.45, 2.75) is 51.6 Å².